The second-order valence-corrected chi connectivity index (χ2v) is 7.37. The van der Waals surface area contributed by atoms with Crippen LogP contribution < -0.4 is 10.1 Å². The van der Waals surface area contributed by atoms with E-state index in [1.807, 2.05) is 49.4 Å². The highest BCUT2D eigenvalue weighted by Gasteiger charge is 2.25. The molecule has 0 spiro atoms. The van der Waals surface area contributed by atoms with Gasteiger partial charge >= 0.3 is 0 Å². The molecule has 0 radical (unpaired) electrons. The first-order valence-corrected chi connectivity index (χ1v) is 10.0. The van der Waals surface area contributed by atoms with E-state index in [1.165, 1.54) is 0 Å². The van der Waals surface area contributed by atoms with Crippen LogP contribution in [0.15, 0.2) is 47.0 Å². The Morgan fingerprint density at radius 2 is 2.00 bits per heavy atom. The molecule has 0 aliphatic heterocycles. The van der Waals surface area contributed by atoms with Crippen LogP contribution in [0.3, 0.4) is 0 Å². The number of carbonyl (C=O) groups is 1. The molecule has 0 saturated carbocycles. The molecule has 30 heavy (non-hydrogen) atoms. The van der Waals surface area contributed by atoms with Crippen molar-refractivity contribution in [2.75, 3.05) is 6.54 Å². The van der Waals surface area contributed by atoms with Crippen LogP contribution in [0.5, 0.6) is 5.75 Å². The van der Waals surface area contributed by atoms with Gasteiger partial charge in [-0.2, -0.15) is 0 Å². The zero-order chi connectivity index (χ0) is 21.7. The molecule has 3 aromatic rings. The smallest absolute Gasteiger partial charge is 0.274 e. The predicted molar refractivity (Wildman–Crippen MR) is 117 cm³/mol. The molecule has 0 fully saturated rings. The fourth-order valence-electron chi connectivity index (χ4n) is 3.36. The Morgan fingerprint density at radius 1 is 1.27 bits per heavy atom. The van der Waals surface area contributed by atoms with Gasteiger partial charge in [0.15, 0.2) is 11.5 Å². The zero-order valence-electron chi connectivity index (χ0n) is 17.8. The molecule has 5 nitrogen and oxygen atoms in total. The van der Waals surface area contributed by atoms with E-state index in [9.17, 15) is 4.79 Å². The molecular weight excluding hydrogens is 376 g/mol. The molecule has 154 valence electrons. The van der Waals surface area contributed by atoms with Crippen LogP contribution >= 0.6 is 0 Å². The summed E-state index contributed by atoms with van der Waals surface area (Å²) in [6.07, 6.45) is 5.74. The SMILES string of the molecule is C#Cc1c(C(=O)NCC)noc1-c1cc(C(C)C)c(C)cc1OCc1ccccc1. The van der Waals surface area contributed by atoms with E-state index in [4.69, 9.17) is 15.7 Å². The first-order valence-electron chi connectivity index (χ1n) is 10.0. The maximum Gasteiger partial charge on any atom is 0.274 e. The van der Waals surface area contributed by atoms with Gasteiger partial charge in [-0.1, -0.05) is 55.3 Å². The van der Waals surface area contributed by atoms with Crippen molar-refractivity contribution in [3.05, 3.63) is 70.4 Å². The standard InChI is InChI=1S/C25H26N2O3/c1-6-19-23(25(28)26-7-2)27-30-24(19)21-14-20(16(3)4)17(5)13-22(21)29-15-18-11-9-8-10-12-18/h1,8-14,16H,7,15H2,2-5H3,(H,26,28). The van der Waals surface area contributed by atoms with Gasteiger partial charge in [-0.25, -0.2) is 0 Å². The Balaban J connectivity index is 2.09. The number of terminal acetylenes is 1. The average Bonchev–Trinajstić information content (AvgIpc) is 3.17. The third-order valence-corrected chi connectivity index (χ3v) is 4.86. The van der Waals surface area contributed by atoms with Gasteiger partial charge in [0.25, 0.3) is 5.91 Å². The molecule has 0 unspecified atom stereocenters. The van der Waals surface area contributed by atoms with Gasteiger partial charge in [-0.3, -0.25) is 4.79 Å². The molecule has 5 heteroatoms. The van der Waals surface area contributed by atoms with Crippen LogP contribution in [0.1, 0.15) is 59.4 Å². The quantitative estimate of drug-likeness (QED) is 0.560. The topological polar surface area (TPSA) is 64.4 Å². The summed E-state index contributed by atoms with van der Waals surface area (Å²) in [7, 11) is 0. The van der Waals surface area contributed by atoms with Crippen molar-refractivity contribution in [2.45, 2.75) is 40.2 Å². The number of nitrogens with one attached hydrogen (secondary N) is 1. The van der Waals surface area contributed by atoms with Gasteiger partial charge in [-0.05, 0) is 48.6 Å². The second-order valence-electron chi connectivity index (χ2n) is 7.37. The fourth-order valence-corrected chi connectivity index (χ4v) is 3.36. The molecule has 0 bridgehead atoms. The van der Waals surface area contributed by atoms with E-state index < -0.39 is 0 Å². The number of benzene rings is 2. The normalized spacial score (nSPS) is 10.7. The van der Waals surface area contributed by atoms with Crippen LogP contribution in [0, 0.1) is 19.3 Å². The van der Waals surface area contributed by atoms with E-state index in [1.54, 1.807) is 0 Å². The lowest BCUT2D eigenvalue weighted by Crippen LogP contribution is -2.23. The monoisotopic (exact) mass is 402 g/mol. The molecule has 2 aromatic carbocycles. The summed E-state index contributed by atoms with van der Waals surface area (Å²) >= 11 is 0. The molecule has 0 atom stereocenters. The highest BCUT2D eigenvalue weighted by atomic mass is 16.5. The maximum atomic E-state index is 12.3. The van der Waals surface area contributed by atoms with Crippen molar-refractivity contribution in [1.29, 1.82) is 0 Å². The Kier molecular flexibility index (Phi) is 6.58. The van der Waals surface area contributed by atoms with E-state index in [0.717, 1.165) is 16.7 Å². The number of carbonyl (C=O) groups excluding carboxylic acids is 1. The minimum Gasteiger partial charge on any atom is -0.488 e. The third-order valence-electron chi connectivity index (χ3n) is 4.86. The summed E-state index contributed by atoms with van der Waals surface area (Å²) in [5.74, 6) is 3.51. The van der Waals surface area contributed by atoms with Gasteiger partial charge in [0.1, 0.15) is 17.9 Å². The van der Waals surface area contributed by atoms with Gasteiger partial charge in [0.2, 0.25) is 0 Å². The minimum absolute atomic E-state index is 0.107. The molecule has 1 heterocycles. The first-order chi connectivity index (χ1) is 14.5. The maximum absolute atomic E-state index is 12.3. The van der Waals surface area contributed by atoms with Gasteiger partial charge in [-0.15, -0.1) is 6.42 Å². The summed E-state index contributed by atoms with van der Waals surface area (Å²) in [6, 6.07) is 13.9. The predicted octanol–water partition coefficient (Wildman–Crippen LogP) is 5.08. The van der Waals surface area contributed by atoms with Crippen molar-refractivity contribution in [3.63, 3.8) is 0 Å². The second kappa shape index (κ2) is 9.32. The third kappa shape index (κ3) is 4.38. The number of nitrogens with zero attached hydrogens (tertiary/aromatic N) is 1. The van der Waals surface area contributed by atoms with Crippen molar-refractivity contribution in [1.82, 2.24) is 10.5 Å². The first kappa shape index (κ1) is 21.2. The molecule has 1 amide bonds. The number of rotatable bonds is 7. The Morgan fingerprint density at radius 3 is 2.63 bits per heavy atom. The Hall–Kier alpha value is -3.52. The van der Waals surface area contributed by atoms with Gasteiger partial charge in [0, 0.05) is 6.54 Å². The lowest BCUT2D eigenvalue weighted by Gasteiger charge is -2.16. The summed E-state index contributed by atoms with van der Waals surface area (Å²) in [4.78, 5) is 12.3. The van der Waals surface area contributed by atoms with E-state index >= 15 is 0 Å². The van der Waals surface area contributed by atoms with Gasteiger partial charge < -0.3 is 14.6 Å². The van der Waals surface area contributed by atoms with E-state index in [0.29, 0.717) is 41.7 Å². The van der Waals surface area contributed by atoms with Gasteiger partial charge in [0.05, 0.1) is 5.56 Å². The van der Waals surface area contributed by atoms with Crippen LogP contribution in [0.2, 0.25) is 0 Å². The lowest BCUT2D eigenvalue weighted by atomic mass is 9.93. The molecule has 1 aromatic heterocycles. The number of ether oxygens (including phenoxy) is 1. The summed E-state index contributed by atoms with van der Waals surface area (Å²) in [5, 5.41) is 6.67. The van der Waals surface area contributed by atoms with Crippen molar-refractivity contribution in [2.24, 2.45) is 0 Å². The summed E-state index contributed by atoms with van der Waals surface area (Å²) in [6.45, 7) is 9.00. The van der Waals surface area contributed by atoms with Crippen molar-refractivity contribution < 1.29 is 14.1 Å². The van der Waals surface area contributed by atoms with Crippen LogP contribution in [-0.4, -0.2) is 17.6 Å². The largest absolute Gasteiger partial charge is 0.488 e. The summed E-state index contributed by atoms with van der Waals surface area (Å²) in [5.41, 5.74) is 4.43. The number of hydrogen-bond donors (Lipinski definition) is 1. The number of hydrogen-bond acceptors (Lipinski definition) is 4. The molecular formula is C25H26N2O3. The highest BCUT2D eigenvalue weighted by Crippen LogP contribution is 2.38. The Labute approximate surface area is 177 Å². The van der Waals surface area contributed by atoms with E-state index in [2.05, 4.69) is 37.2 Å². The van der Waals surface area contributed by atoms with Crippen LogP contribution in [0.4, 0.5) is 0 Å². The molecule has 0 saturated heterocycles. The number of aromatic nitrogens is 1. The van der Waals surface area contributed by atoms with Crippen LogP contribution in [0.25, 0.3) is 11.3 Å². The lowest BCUT2D eigenvalue weighted by molar-refractivity contribution is 0.0946. The summed E-state index contributed by atoms with van der Waals surface area (Å²) < 4.78 is 11.7. The fraction of sp³-hybridized carbons (Fsp3) is 0.280. The van der Waals surface area contributed by atoms with Crippen LogP contribution in [-0.2, 0) is 6.61 Å². The minimum atomic E-state index is -0.358. The molecule has 3 rings (SSSR count). The van der Waals surface area contributed by atoms with Crippen molar-refractivity contribution in [3.8, 4) is 29.4 Å². The highest BCUT2D eigenvalue weighted by molar-refractivity contribution is 5.96. The molecule has 0 aliphatic rings. The Bertz CT molecular complexity index is 1080. The molecule has 0 aliphatic carbocycles. The average molecular weight is 402 g/mol. The zero-order valence-corrected chi connectivity index (χ0v) is 17.8. The van der Waals surface area contributed by atoms with Crippen molar-refractivity contribution >= 4 is 5.91 Å². The number of amides is 1. The number of aryl methyl sites for hydroxylation is 1. The van der Waals surface area contributed by atoms with E-state index in [-0.39, 0.29) is 11.6 Å². The molecule has 1 N–H and O–H groups in total.